The van der Waals surface area contributed by atoms with E-state index in [1.54, 1.807) is 6.07 Å². The second kappa shape index (κ2) is 6.57. The molecule has 0 spiro atoms. The van der Waals surface area contributed by atoms with Gasteiger partial charge in [-0.3, -0.25) is 20.3 Å². The van der Waals surface area contributed by atoms with E-state index in [2.05, 4.69) is 21.4 Å². The third kappa shape index (κ3) is 4.08. The van der Waals surface area contributed by atoms with Gasteiger partial charge in [-0.1, -0.05) is 18.2 Å². The molecule has 1 saturated heterocycles. The first-order valence-corrected chi connectivity index (χ1v) is 5.99. The zero-order chi connectivity index (χ0) is 15.2. The van der Waals surface area contributed by atoms with Gasteiger partial charge in [0.2, 0.25) is 11.8 Å². The lowest BCUT2D eigenvalue weighted by atomic mass is 10.2. The average Bonchev–Trinajstić information content (AvgIpc) is 2.44. The number of hydrazone groups is 1. The average molecular weight is 293 g/mol. The number of nitrogens with one attached hydrogen (secondary N) is 4. The van der Waals surface area contributed by atoms with Crippen molar-refractivity contribution in [2.75, 3.05) is 0 Å². The molecule has 21 heavy (non-hydrogen) atoms. The van der Waals surface area contributed by atoms with Crippen LogP contribution in [0.4, 0.5) is 9.18 Å². The van der Waals surface area contributed by atoms with Crippen molar-refractivity contribution in [3.8, 4) is 0 Å². The molecular weight excluding hydrogens is 281 g/mol. The minimum absolute atomic E-state index is 0.221. The lowest BCUT2D eigenvalue weighted by Gasteiger charge is -2.22. The summed E-state index contributed by atoms with van der Waals surface area (Å²) in [7, 11) is 0. The molecule has 9 heteroatoms. The van der Waals surface area contributed by atoms with Gasteiger partial charge in [0.15, 0.2) is 0 Å². The summed E-state index contributed by atoms with van der Waals surface area (Å²) < 4.78 is 13.3. The molecule has 4 N–H and O–H groups in total. The van der Waals surface area contributed by atoms with Crippen molar-refractivity contribution in [3.05, 3.63) is 35.6 Å². The first-order valence-electron chi connectivity index (χ1n) is 5.99. The van der Waals surface area contributed by atoms with Crippen LogP contribution in [-0.2, 0) is 9.59 Å². The lowest BCUT2D eigenvalue weighted by molar-refractivity contribution is -0.128. The van der Waals surface area contributed by atoms with Crippen LogP contribution in [0.1, 0.15) is 12.0 Å². The van der Waals surface area contributed by atoms with Gasteiger partial charge in [0, 0.05) is 5.56 Å². The molecule has 0 aromatic heterocycles. The Balaban J connectivity index is 1.84. The largest absolute Gasteiger partial charge is 0.335 e. The molecule has 1 aliphatic heterocycles. The van der Waals surface area contributed by atoms with Gasteiger partial charge in [0.25, 0.3) is 0 Å². The van der Waals surface area contributed by atoms with Gasteiger partial charge in [-0.25, -0.2) is 20.0 Å². The Morgan fingerprint density at radius 3 is 2.86 bits per heavy atom. The highest BCUT2D eigenvalue weighted by Crippen LogP contribution is 2.02. The zero-order valence-corrected chi connectivity index (χ0v) is 10.7. The topological polar surface area (TPSA) is 112 Å². The summed E-state index contributed by atoms with van der Waals surface area (Å²) >= 11 is 0. The van der Waals surface area contributed by atoms with E-state index in [9.17, 15) is 18.8 Å². The van der Waals surface area contributed by atoms with Crippen LogP contribution in [0.5, 0.6) is 0 Å². The quantitative estimate of drug-likeness (QED) is 0.438. The summed E-state index contributed by atoms with van der Waals surface area (Å²) in [6, 6.07) is 4.34. The number of carbonyl (C=O) groups is 3. The Labute approximate surface area is 118 Å². The Kier molecular flexibility index (Phi) is 4.57. The van der Waals surface area contributed by atoms with Crippen LogP contribution in [-0.4, -0.2) is 30.1 Å². The molecular formula is C12H12FN5O3. The molecule has 0 saturated carbocycles. The number of hydrogen-bond acceptors (Lipinski definition) is 5. The van der Waals surface area contributed by atoms with E-state index in [4.69, 9.17) is 0 Å². The number of nitrogens with zero attached hydrogens (tertiary/aromatic N) is 1. The van der Waals surface area contributed by atoms with Crippen molar-refractivity contribution >= 4 is 24.1 Å². The number of hydrazine groups is 1. The van der Waals surface area contributed by atoms with Crippen molar-refractivity contribution in [2.24, 2.45) is 5.10 Å². The van der Waals surface area contributed by atoms with Gasteiger partial charge >= 0.3 is 6.03 Å². The second-order valence-corrected chi connectivity index (χ2v) is 4.16. The van der Waals surface area contributed by atoms with E-state index in [0.717, 1.165) is 6.21 Å². The molecule has 8 nitrogen and oxygen atoms in total. The Morgan fingerprint density at radius 1 is 1.38 bits per heavy atom. The van der Waals surface area contributed by atoms with Crippen molar-refractivity contribution < 1.29 is 18.8 Å². The number of amides is 4. The summed E-state index contributed by atoms with van der Waals surface area (Å²) in [5, 5.41) is 5.60. The first kappa shape index (κ1) is 14.6. The highest BCUT2D eigenvalue weighted by Gasteiger charge is 2.27. The number of imide groups is 1. The molecule has 2 rings (SSSR count). The van der Waals surface area contributed by atoms with Crippen molar-refractivity contribution in [1.29, 1.82) is 0 Å². The van der Waals surface area contributed by atoms with Crippen LogP contribution in [0.15, 0.2) is 29.4 Å². The lowest BCUT2D eigenvalue weighted by Crippen LogP contribution is -2.63. The SMILES string of the molecule is O=C(CC1NNC(=O)NC1=O)N/N=C\c1ccccc1F. The summed E-state index contributed by atoms with van der Waals surface area (Å²) in [5.74, 6) is -1.65. The summed E-state index contributed by atoms with van der Waals surface area (Å²) in [4.78, 5) is 33.7. The van der Waals surface area contributed by atoms with Gasteiger partial charge < -0.3 is 0 Å². The standard InChI is InChI=1S/C12H12FN5O3/c13-8-4-2-1-3-7(8)6-14-17-10(19)5-9-11(20)15-12(21)18-16-9/h1-4,6,9,16H,5H2,(H,17,19)(H2,15,18,20,21)/b14-6-. The minimum Gasteiger partial charge on any atom is -0.276 e. The molecule has 1 heterocycles. The third-order valence-corrected chi connectivity index (χ3v) is 2.60. The number of urea groups is 1. The molecule has 4 amide bonds. The zero-order valence-electron chi connectivity index (χ0n) is 10.7. The van der Waals surface area contributed by atoms with Crippen LogP contribution < -0.4 is 21.6 Å². The monoisotopic (exact) mass is 293 g/mol. The molecule has 1 fully saturated rings. The van der Waals surface area contributed by atoms with Crippen molar-refractivity contribution in [1.82, 2.24) is 21.6 Å². The summed E-state index contributed by atoms with van der Waals surface area (Å²) in [5.41, 5.74) is 6.94. The fourth-order valence-electron chi connectivity index (χ4n) is 1.58. The van der Waals surface area contributed by atoms with Crippen molar-refractivity contribution in [3.63, 3.8) is 0 Å². The molecule has 1 aliphatic rings. The maximum absolute atomic E-state index is 13.3. The van der Waals surface area contributed by atoms with Gasteiger partial charge in [0.05, 0.1) is 12.6 Å². The van der Waals surface area contributed by atoms with Crippen LogP contribution in [0.25, 0.3) is 0 Å². The first-order chi connectivity index (χ1) is 10.1. The highest BCUT2D eigenvalue weighted by molar-refractivity contribution is 6.00. The molecule has 0 aliphatic carbocycles. The maximum Gasteiger partial charge on any atom is 0.335 e. The van der Waals surface area contributed by atoms with Gasteiger partial charge in [0.1, 0.15) is 11.9 Å². The number of rotatable bonds is 4. The number of carbonyl (C=O) groups excluding carboxylic acids is 3. The van der Waals surface area contributed by atoms with Crippen LogP contribution in [0.2, 0.25) is 0 Å². The van der Waals surface area contributed by atoms with Gasteiger partial charge in [-0.05, 0) is 6.07 Å². The van der Waals surface area contributed by atoms with E-state index < -0.39 is 29.7 Å². The number of benzene rings is 1. The highest BCUT2D eigenvalue weighted by atomic mass is 19.1. The Morgan fingerprint density at radius 2 is 2.14 bits per heavy atom. The van der Waals surface area contributed by atoms with E-state index in [0.29, 0.717) is 0 Å². The Bertz CT molecular complexity index is 604. The van der Waals surface area contributed by atoms with Gasteiger partial charge in [-0.2, -0.15) is 5.10 Å². The molecule has 1 aromatic carbocycles. The maximum atomic E-state index is 13.3. The Hall–Kier alpha value is -2.81. The predicted octanol–water partition coefficient (Wildman–Crippen LogP) is -0.621. The normalized spacial score (nSPS) is 18.2. The number of hydrogen-bond donors (Lipinski definition) is 4. The van der Waals surface area contributed by atoms with E-state index in [-0.39, 0.29) is 12.0 Å². The number of halogens is 1. The predicted molar refractivity (Wildman–Crippen MR) is 70.4 cm³/mol. The molecule has 0 radical (unpaired) electrons. The molecule has 0 bridgehead atoms. The van der Waals surface area contributed by atoms with E-state index >= 15 is 0 Å². The summed E-state index contributed by atoms with van der Waals surface area (Å²) in [6.45, 7) is 0. The van der Waals surface area contributed by atoms with Gasteiger partial charge in [-0.15, -0.1) is 0 Å². The van der Waals surface area contributed by atoms with E-state index in [1.807, 2.05) is 5.32 Å². The smallest absolute Gasteiger partial charge is 0.276 e. The molecule has 1 aromatic rings. The van der Waals surface area contributed by atoms with Crippen LogP contribution in [0, 0.1) is 5.82 Å². The van der Waals surface area contributed by atoms with Crippen LogP contribution >= 0.6 is 0 Å². The molecule has 1 unspecified atom stereocenters. The van der Waals surface area contributed by atoms with Crippen molar-refractivity contribution in [2.45, 2.75) is 12.5 Å². The molecule has 110 valence electrons. The third-order valence-electron chi connectivity index (χ3n) is 2.60. The minimum atomic E-state index is -0.897. The fraction of sp³-hybridized carbons (Fsp3) is 0.167. The summed E-state index contributed by atoms with van der Waals surface area (Å²) in [6.07, 6.45) is 0.921. The molecule has 1 atom stereocenters. The fourth-order valence-corrected chi connectivity index (χ4v) is 1.58. The van der Waals surface area contributed by atoms with Crippen LogP contribution in [0.3, 0.4) is 0 Å². The van der Waals surface area contributed by atoms with E-state index in [1.165, 1.54) is 18.2 Å². The second-order valence-electron chi connectivity index (χ2n) is 4.16.